The number of anilines is 1. The van der Waals surface area contributed by atoms with Crippen LogP contribution in [0.4, 0.5) is 5.69 Å². The van der Waals surface area contributed by atoms with Crippen molar-refractivity contribution in [2.75, 3.05) is 19.5 Å². The number of nitrogens with zero attached hydrogens (tertiary/aromatic N) is 5. The zero-order valence-corrected chi connectivity index (χ0v) is 22.1. The molecule has 0 fully saturated rings. The zero-order chi connectivity index (χ0) is 25.8. The van der Waals surface area contributed by atoms with Crippen LogP contribution in [0.1, 0.15) is 33.1 Å². The van der Waals surface area contributed by atoms with Gasteiger partial charge in [0.2, 0.25) is 0 Å². The van der Waals surface area contributed by atoms with Gasteiger partial charge >= 0.3 is 0 Å². The molecule has 0 atom stereocenters. The minimum absolute atomic E-state index is 0.161. The first-order valence-corrected chi connectivity index (χ1v) is 12.3. The van der Waals surface area contributed by atoms with Crippen molar-refractivity contribution in [3.8, 4) is 17.2 Å². The Kier molecular flexibility index (Phi) is 7.76. The Labute approximate surface area is 218 Å². The molecule has 2 aromatic heterocycles. The summed E-state index contributed by atoms with van der Waals surface area (Å²) in [5, 5.41) is 12.6. The highest BCUT2D eigenvalue weighted by molar-refractivity contribution is 7.98. The molecule has 11 heteroatoms. The van der Waals surface area contributed by atoms with E-state index in [2.05, 4.69) is 25.6 Å². The second kappa shape index (κ2) is 11.0. The van der Waals surface area contributed by atoms with Gasteiger partial charge in [-0.15, -0.1) is 5.10 Å². The number of halogens is 1. The van der Waals surface area contributed by atoms with Crippen LogP contribution < -0.4 is 14.8 Å². The monoisotopic (exact) mass is 524 g/mol. The van der Waals surface area contributed by atoms with E-state index in [1.807, 2.05) is 39.0 Å². The Morgan fingerprint density at radius 2 is 1.78 bits per heavy atom. The average Bonchev–Trinajstić information content (AvgIpc) is 3.28. The number of carbonyl (C=O) groups is 1. The second-order valence-corrected chi connectivity index (χ2v) is 9.32. The SMILES string of the molecule is COc1ccc(OC)c(NC(=O)c2nnn(-c3ccc(C)c(Cl)c3)c2CSc2nc(C)cc(C)n2)c1. The third kappa shape index (κ3) is 5.60. The van der Waals surface area contributed by atoms with E-state index in [0.29, 0.717) is 44.5 Å². The summed E-state index contributed by atoms with van der Waals surface area (Å²) < 4.78 is 12.3. The predicted octanol–water partition coefficient (Wildman–Crippen LogP) is 5.20. The van der Waals surface area contributed by atoms with E-state index in [-0.39, 0.29) is 5.69 Å². The lowest BCUT2D eigenvalue weighted by molar-refractivity contribution is 0.102. The molecule has 36 heavy (non-hydrogen) atoms. The third-order valence-corrected chi connectivity index (χ3v) is 6.60. The molecule has 0 aliphatic rings. The lowest BCUT2D eigenvalue weighted by Crippen LogP contribution is -2.16. The molecule has 0 aliphatic heterocycles. The molecule has 0 radical (unpaired) electrons. The van der Waals surface area contributed by atoms with Gasteiger partial charge in [0, 0.05) is 28.2 Å². The summed E-state index contributed by atoms with van der Waals surface area (Å²) in [5.41, 5.74) is 4.54. The number of ether oxygens (including phenoxy) is 2. The maximum absolute atomic E-state index is 13.4. The summed E-state index contributed by atoms with van der Waals surface area (Å²) in [7, 11) is 3.08. The molecule has 0 spiro atoms. The molecule has 9 nitrogen and oxygen atoms in total. The summed E-state index contributed by atoms with van der Waals surface area (Å²) in [6, 6.07) is 12.6. The van der Waals surface area contributed by atoms with E-state index >= 15 is 0 Å². The van der Waals surface area contributed by atoms with Crippen molar-refractivity contribution in [1.82, 2.24) is 25.0 Å². The van der Waals surface area contributed by atoms with Gasteiger partial charge in [-0.25, -0.2) is 14.6 Å². The number of carbonyl (C=O) groups excluding carboxylic acids is 1. The highest BCUT2D eigenvalue weighted by Gasteiger charge is 2.23. The summed E-state index contributed by atoms with van der Waals surface area (Å²) in [5.74, 6) is 0.968. The second-order valence-electron chi connectivity index (χ2n) is 7.97. The largest absolute Gasteiger partial charge is 0.497 e. The molecule has 2 heterocycles. The van der Waals surface area contributed by atoms with Crippen LogP contribution in [0.5, 0.6) is 11.5 Å². The quantitative estimate of drug-likeness (QED) is 0.248. The average molecular weight is 525 g/mol. The summed E-state index contributed by atoms with van der Waals surface area (Å²) in [6.07, 6.45) is 0. The van der Waals surface area contributed by atoms with Gasteiger partial charge in [-0.3, -0.25) is 4.79 Å². The summed E-state index contributed by atoms with van der Waals surface area (Å²) in [4.78, 5) is 22.4. The molecular weight excluding hydrogens is 500 g/mol. The van der Waals surface area contributed by atoms with E-state index in [1.165, 1.54) is 18.9 Å². The van der Waals surface area contributed by atoms with Crippen LogP contribution in [0, 0.1) is 20.8 Å². The van der Waals surface area contributed by atoms with Gasteiger partial charge in [0.05, 0.1) is 31.3 Å². The van der Waals surface area contributed by atoms with Crippen LogP contribution >= 0.6 is 23.4 Å². The van der Waals surface area contributed by atoms with Crippen LogP contribution in [0.25, 0.3) is 5.69 Å². The Bertz CT molecular complexity index is 1400. The molecule has 0 saturated heterocycles. The Balaban J connectivity index is 1.72. The van der Waals surface area contributed by atoms with Gasteiger partial charge in [0.1, 0.15) is 11.5 Å². The first-order chi connectivity index (χ1) is 17.3. The number of aryl methyl sites for hydroxylation is 3. The van der Waals surface area contributed by atoms with E-state index < -0.39 is 5.91 Å². The van der Waals surface area contributed by atoms with Gasteiger partial charge in [0.15, 0.2) is 10.9 Å². The number of benzene rings is 2. The third-order valence-electron chi connectivity index (χ3n) is 5.33. The normalized spacial score (nSPS) is 10.8. The minimum Gasteiger partial charge on any atom is -0.497 e. The van der Waals surface area contributed by atoms with Crippen LogP contribution in [0.3, 0.4) is 0 Å². The van der Waals surface area contributed by atoms with Crippen molar-refractivity contribution >= 4 is 35.0 Å². The molecule has 0 bridgehead atoms. The predicted molar refractivity (Wildman–Crippen MR) is 140 cm³/mol. The molecule has 2 aromatic carbocycles. The van der Waals surface area contributed by atoms with Gasteiger partial charge < -0.3 is 14.8 Å². The fourth-order valence-electron chi connectivity index (χ4n) is 3.51. The van der Waals surface area contributed by atoms with Crippen LogP contribution in [-0.2, 0) is 5.75 Å². The van der Waals surface area contributed by atoms with E-state index in [0.717, 1.165) is 17.0 Å². The molecule has 186 valence electrons. The number of aromatic nitrogens is 5. The summed E-state index contributed by atoms with van der Waals surface area (Å²) >= 11 is 7.76. The maximum Gasteiger partial charge on any atom is 0.278 e. The van der Waals surface area contributed by atoms with Crippen molar-refractivity contribution in [3.05, 3.63) is 75.8 Å². The Morgan fingerprint density at radius 1 is 1.03 bits per heavy atom. The number of methoxy groups -OCH3 is 2. The minimum atomic E-state index is -0.442. The number of hydrogen-bond acceptors (Lipinski definition) is 8. The number of amides is 1. The van der Waals surface area contributed by atoms with Crippen LogP contribution in [-0.4, -0.2) is 45.1 Å². The number of nitrogens with one attached hydrogen (secondary N) is 1. The first kappa shape index (κ1) is 25.5. The lowest BCUT2D eigenvalue weighted by Gasteiger charge is -2.12. The Hall–Kier alpha value is -3.63. The van der Waals surface area contributed by atoms with Crippen molar-refractivity contribution in [1.29, 1.82) is 0 Å². The zero-order valence-electron chi connectivity index (χ0n) is 20.5. The van der Waals surface area contributed by atoms with Gasteiger partial charge in [-0.2, -0.15) is 0 Å². The van der Waals surface area contributed by atoms with Gasteiger partial charge in [-0.1, -0.05) is 34.6 Å². The van der Waals surface area contributed by atoms with Crippen LogP contribution in [0.15, 0.2) is 47.6 Å². The summed E-state index contributed by atoms with van der Waals surface area (Å²) in [6.45, 7) is 5.75. The fraction of sp³-hybridized carbons (Fsp3) is 0.240. The van der Waals surface area contributed by atoms with Crippen LogP contribution in [0.2, 0.25) is 5.02 Å². The molecule has 1 N–H and O–H groups in total. The molecule has 0 unspecified atom stereocenters. The molecule has 1 amide bonds. The number of thioether (sulfide) groups is 1. The fourth-order valence-corrected chi connectivity index (χ4v) is 4.63. The highest BCUT2D eigenvalue weighted by Crippen LogP contribution is 2.30. The van der Waals surface area contributed by atoms with Crippen molar-refractivity contribution in [3.63, 3.8) is 0 Å². The molecule has 4 aromatic rings. The maximum atomic E-state index is 13.4. The smallest absolute Gasteiger partial charge is 0.278 e. The number of rotatable bonds is 8. The van der Waals surface area contributed by atoms with E-state index in [9.17, 15) is 4.79 Å². The van der Waals surface area contributed by atoms with E-state index in [4.69, 9.17) is 21.1 Å². The van der Waals surface area contributed by atoms with Gasteiger partial charge in [0.25, 0.3) is 5.91 Å². The molecular formula is C25H25ClN6O3S. The Morgan fingerprint density at radius 3 is 2.44 bits per heavy atom. The van der Waals surface area contributed by atoms with E-state index in [1.54, 1.807) is 36.1 Å². The van der Waals surface area contributed by atoms with Gasteiger partial charge in [-0.05, 0) is 56.7 Å². The molecule has 4 rings (SSSR count). The first-order valence-electron chi connectivity index (χ1n) is 11.0. The van der Waals surface area contributed by atoms with Crippen molar-refractivity contribution in [2.24, 2.45) is 0 Å². The van der Waals surface area contributed by atoms with Crippen molar-refractivity contribution in [2.45, 2.75) is 31.7 Å². The molecule has 0 aliphatic carbocycles. The number of hydrogen-bond donors (Lipinski definition) is 1. The highest BCUT2D eigenvalue weighted by atomic mass is 35.5. The lowest BCUT2D eigenvalue weighted by atomic mass is 10.2. The standard InChI is InChI=1S/C25H25ClN6O3S/c1-14-6-7-17(11-19(14)26)32-21(13-36-25-27-15(2)10-16(3)28-25)23(30-31-32)24(33)29-20-12-18(34-4)8-9-22(20)35-5/h6-12H,13H2,1-5H3,(H,29,33). The topological polar surface area (TPSA) is 104 Å². The van der Waals surface area contributed by atoms with Crippen molar-refractivity contribution < 1.29 is 14.3 Å². The molecule has 0 saturated carbocycles.